The molecule has 1 heterocycles. The third-order valence-electron chi connectivity index (χ3n) is 14.3. The van der Waals surface area contributed by atoms with Crippen LogP contribution in [0.3, 0.4) is 0 Å². The minimum absolute atomic E-state index is 0.0420. The molecule has 0 aromatic carbocycles. The second kappa shape index (κ2) is 8.80. The van der Waals surface area contributed by atoms with Crippen LogP contribution in [0.2, 0.25) is 0 Å². The van der Waals surface area contributed by atoms with E-state index >= 15 is 0 Å². The van der Waals surface area contributed by atoms with Gasteiger partial charge in [0.05, 0.1) is 0 Å². The summed E-state index contributed by atoms with van der Waals surface area (Å²) in [6, 6.07) is 1.71. The van der Waals surface area contributed by atoms with Gasteiger partial charge in [0.25, 0.3) is 5.91 Å². The Kier molecular flexibility index (Phi) is 6.25. The van der Waals surface area contributed by atoms with E-state index in [-0.39, 0.29) is 27.6 Å². The molecule has 1 aromatic rings. The van der Waals surface area contributed by atoms with E-state index in [2.05, 4.69) is 65.8 Å². The van der Waals surface area contributed by atoms with E-state index in [1.807, 2.05) is 0 Å². The van der Waals surface area contributed by atoms with Gasteiger partial charge in [0, 0.05) is 25.1 Å². The van der Waals surface area contributed by atoms with Crippen molar-refractivity contribution in [3.8, 4) is 0 Å². The van der Waals surface area contributed by atoms with Crippen molar-refractivity contribution in [3.05, 3.63) is 29.1 Å². The number of aromatic nitrogens is 2. The third-order valence-corrected chi connectivity index (χ3v) is 14.3. The lowest BCUT2D eigenvalue weighted by Crippen LogP contribution is -2.71. The number of Topliss-reactive ketones (excluding diaryl/α,β-unsaturated/α-hetero) is 1. The van der Waals surface area contributed by atoms with Gasteiger partial charge < -0.3 is 10.4 Å². The molecule has 1 aromatic heterocycles. The average molecular weight is 564 g/mol. The first-order chi connectivity index (χ1) is 18.9. The standard InChI is InChI=1S/C35H53N3O3/c1-21(2)27-24(39)20-31(5)15-17-33(7)22(28(27)31)10-11-26-32(6)16-18-35(41,36-29(40)23-13-19-38(9)37-23)30(3,4)25(32)12-14-34(26,33)8/h13,19,21-22,25-26,41H,10-12,14-18,20H2,1-9H3,(H,36,40)/t22-,25+,26-,31+,32+,33-,34-,35+/m1/s1. The number of hydrogen-bond donors (Lipinski definition) is 2. The van der Waals surface area contributed by atoms with Crippen LogP contribution in [0.1, 0.15) is 124 Å². The molecule has 4 fully saturated rings. The van der Waals surface area contributed by atoms with E-state index in [0.717, 1.165) is 37.7 Å². The number of nitrogens with one attached hydrogen (secondary N) is 1. The Labute approximate surface area is 247 Å². The van der Waals surface area contributed by atoms with Gasteiger partial charge in [-0.25, -0.2) is 0 Å². The number of amides is 1. The molecular weight excluding hydrogens is 510 g/mol. The first-order valence-corrected chi connectivity index (χ1v) is 16.3. The van der Waals surface area contributed by atoms with E-state index in [0.29, 0.717) is 48.0 Å². The Morgan fingerprint density at radius 3 is 2.32 bits per heavy atom. The lowest BCUT2D eigenvalue weighted by atomic mass is 9.32. The van der Waals surface area contributed by atoms with Crippen LogP contribution in [-0.2, 0) is 11.8 Å². The van der Waals surface area contributed by atoms with E-state index in [1.165, 1.54) is 18.4 Å². The summed E-state index contributed by atoms with van der Waals surface area (Å²) >= 11 is 0. The predicted molar refractivity (Wildman–Crippen MR) is 161 cm³/mol. The van der Waals surface area contributed by atoms with Crippen LogP contribution >= 0.6 is 0 Å². The lowest BCUT2D eigenvalue weighted by Gasteiger charge is -2.73. The van der Waals surface area contributed by atoms with Gasteiger partial charge in [0.15, 0.2) is 5.78 Å². The number of aryl methyl sites for hydroxylation is 1. The fraction of sp³-hybridized carbons (Fsp3) is 0.800. The fourth-order valence-corrected chi connectivity index (χ4v) is 11.8. The number of carbonyl (C=O) groups excluding carboxylic acids is 2. The first kappa shape index (κ1) is 29.1. The fourth-order valence-electron chi connectivity index (χ4n) is 11.8. The van der Waals surface area contributed by atoms with Crippen molar-refractivity contribution in [2.45, 2.75) is 119 Å². The molecule has 2 N–H and O–H groups in total. The third kappa shape index (κ3) is 3.67. The summed E-state index contributed by atoms with van der Waals surface area (Å²) in [7, 11) is 1.80. The quantitative estimate of drug-likeness (QED) is 0.395. The number of allylic oxidation sites excluding steroid dienone is 2. The highest BCUT2D eigenvalue weighted by Gasteiger charge is 2.71. The summed E-state index contributed by atoms with van der Waals surface area (Å²) in [6.45, 7) is 18.9. The van der Waals surface area contributed by atoms with Crippen molar-refractivity contribution in [1.29, 1.82) is 0 Å². The van der Waals surface area contributed by atoms with Gasteiger partial charge in [-0.05, 0) is 108 Å². The topological polar surface area (TPSA) is 84.2 Å². The number of fused-ring (bicyclic) bond motifs is 7. The molecule has 0 spiro atoms. The maximum absolute atomic E-state index is 13.4. The molecule has 0 radical (unpaired) electrons. The Morgan fingerprint density at radius 2 is 1.68 bits per heavy atom. The molecule has 0 aliphatic heterocycles. The van der Waals surface area contributed by atoms with Crippen molar-refractivity contribution in [3.63, 3.8) is 0 Å². The minimum atomic E-state index is -1.28. The number of nitrogens with zero attached hydrogens (tertiary/aromatic N) is 2. The zero-order valence-corrected chi connectivity index (χ0v) is 27.0. The second-order valence-corrected chi connectivity index (χ2v) is 16.7. The Hall–Kier alpha value is -1.95. The molecule has 5 aliphatic rings. The maximum atomic E-state index is 13.4. The molecule has 0 bridgehead atoms. The largest absolute Gasteiger partial charge is 0.370 e. The highest BCUT2D eigenvalue weighted by molar-refractivity contribution is 6.00. The Balaban J connectivity index is 1.34. The second-order valence-electron chi connectivity index (χ2n) is 16.7. The molecule has 1 amide bonds. The smallest absolute Gasteiger partial charge is 0.273 e. The molecule has 226 valence electrons. The van der Waals surface area contributed by atoms with E-state index in [4.69, 9.17) is 0 Å². The van der Waals surface area contributed by atoms with Crippen LogP contribution in [0.4, 0.5) is 0 Å². The molecule has 4 saturated carbocycles. The van der Waals surface area contributed by atoms with E-state index in [1.54, 1.807) is 24.0 Å². The van der Waals surface area contributed by atoms with Crippen LogP contribution in [-0.4, -0.2) is 32.3 Å². The molecule has 8 atom stereocenters. The van der Waals surface area contributed by atoms with Gasteiger partial charge in [-0.15, -0.1) is 0 Å². The van der Waals surface area contributed by atoms with Crippen LogP contribution in [0, 0.1) is 50.7 Å². The molecule has 41 heavy (non-hydrogen) atoms. The molecule has 6 heteroatoms. The zero-order valence-electron chi connectivity index (χ0n) is 27.0. The molecule has 6 rings (SSSR count). The van der Waals surface area contributed by atoms with Crippen LogP contribution < -0.4 is 5.32 Å². The number of hydrogen-bond acceptors (Lipinski definition) is 4. The van der Waals surface area contributed by atoms with Crippen molar-refractivity contribution in [1.82, 2.24) is 15.1 Å². The maximum Gasteiger partial charge on any atom is 0.273 e. The number of rotatable bonds is 3. The Bertz CT molecular complexity index is 1330. The summed E-state index contributed by atoms with van der Waals surface area (Å²) in [4.78, 5) is 26.5. The van der Waals surface area contributed by atoms with Gasteiger partial charge in [0.1, 0.15) is 11.4 Å². The monoisotopic (exact) mass is 563 g/mol. The molecule has 0 saturated heterocycles. The van der Waals surface area contributed by atoms with Gasteiger partial charge >= 0.3 is 0 Å². The number of aliphatic hydroxyl groups is 1. The Morgan fingerprint density at radius 1 is 0.976 bits per heavy atom. The van der Waals surface area contributed by atoms with Crippen LogP contribution in [0.25, 0.3) is 0 Å². The van der Waals surface area contributed by atoms with Crippen LogP contribution in [0.15, 0.2) is 23.4 Å². The van der Waals surface area contributed by atoms with Gasteiger partial charge in [-0.1, -0.05) is 61.0 Å². The van der Waals surface area contributed by atoms with Crippen molar-refractivity contribution < 1.29 is 14.7 Å². The molecule has 0 unspecified atom stereocenters. The summed E-state index contributed by atoms with van der Waals surface area (Å²) in [5, 5.41) is 19.4. The van der Waals surface area contributed by atoms with Crippen LogP contribution in [0.5, 0.6) is 0 Å². The van der Waals surface area contributed by atoms with E-state index in [9.17, 15) is 14.7 Å². The molecule has 5 aliphatic carbocycles. The van der Waals surface area contributed by atoms with Gasteiger partial charge in [0.2, 0.25) is 0 Å². The molecular formula is C35H53N3O3. The highest BCUT2D eigenvalue weighted by Crippen LogP contribution is 2.77. The summed E-state index contributed by atoms with van der Waals surface area (Å²) in [6.07, 6.45) is 10.7. The molecule has 6 nitrogen and oxygen atoms in total. The zero-order chi connectivity index (χ0) is 30.0. The first-order valence-electron chi connectivity index (χ1n) is 16.3. The average Bonchev–Trinajstić information content (AvgIpc) is 3.42. The van der Waals surface area contributed by atoms with Crippen molar-refractivity contribution in [2.75, 3.05) is 0 Å². The minimum Gasteiger partial charge on any atom is -0.370 e. The summed E-state index contributed by atoms with van der Waals surface area (Å²) in [5.41, 5.74) is 1.73. The van der Waals surface area contributed by atoms with Gasteiger partial charge in [-0.2, -0.15) is 5.10 Å². The summed E-state index contributed by atoms with van der Waals surface area (Å²) < 4.78 is 1.62. The lowest BCUT2D eigenvalue weighted by molar-refractivity contribution is -0.256. The van der Waals surface area contributed by atoms with Crippen molar-refractivity contribution >= 4 is 11.7 Å². The number of carbonyl (C=O) groups is 2. The normalized spacial score (nSPS) is 45.1. The van der Waals surface area contributed by atoms with Gasteiger partial charge in [-0.3, -0.25) is 14.3 Å². The SMILES string of the molecule is CC(C)C1=C2[C@H]3CC[C@@H]4[C@@]5(C)CC[C@@](O)(NC(=O)c6ccn(C)n6)C(C)(C)[C@@H]5CC[C@@]4(C)[C@]3(C)CC[C@@]2(C)CC1=O. The predicted octanol–water partition coefficient (Wildman–Crippen LogP) is 6.84. The highest BCUT2D eigenvalue weighted by atomic mass is 16.3. The number of ketones is 1. The van der Waals surface area contributed by atoms with Crippen molar-refractivity contribution in [2.24, 2.45) is 57.8 Å². The van der Waals surface area contributed by atoms with E-state index < -0.39 is 11.1 Å². The summed E-state index contributed by atoms with van der Waals surface area (Å²) in [5.74, 6) is 1.73.